The number of hydrogen-bond acceptors (Lipinski definition) is 6. The first kappa shape index (κ1) is 19.7. The molecule has 1 aliphatic heterocycles. The lowest BCUT2D eigenvalue weighted by atomic mass is 10.0. The van der Waals surface area contributed by atoms with Crippen LogP contribution in [0.3, 0.4) is 0 Å². The number of ether oxygens (including phenoxy) is 1. The van der Waals surface area contributed by atoms with E-state index in [0.717, 1.165) is 4.31 Å². The van der Waals surface area contributed by atoms with Gasteiger partial charge in [-0.3, -0.25) is 4.79 Å². The third-order valence-electron chi connectivity index (χ3n) is 4.38. The Labute approximate surface area is 148 Å². The SMILES string of the molecule is COc1ccc(S(=O)(=O)N(C)[C@]2(C)CCS(=O)(=O)C2)cc1NC(C)=O. The summed E-state index contributed by atoms with van der Waals surface area (Å²) in [6, 6.07) is 4.11. The van der Waals surface area contributed by atoms with Crippen molar-refractivity contribution >= 4 is 31.5 Å². The van der Waals surface area contributed by atoms with Crippen LogP contribution in [-0.4, -0.2) is 58.3 Å². The van der Waals surface area contributed by atoms with E-state index < -0.39 is 25.4 Å². The highest BCUT2D eigenvalue weighted by Crippen LogP contribution is 2.34. The number of benzene rings is 1. The van der Waals surface area contributed by atoms with Gasteiger partial charge in [-0.15, -0.1) is 0 Å². The van der Waals surface area contributed by atoms with Gasteiger partial charge in [-0.25, -0.2) is 16.8 Å². The summed E-state index contributed by atoms with van der Waals surface area (Å²) in [7, 11) is -4.43. The van der Waals surface area contributed by atoms with Gasteiger partial charge in [0.15, 0.2) is 9.84 Å². The highest BCUT2D eigenvalue weighted by Gasteiger charge is 2.46. The fourth-order valence-electron chi connectivity index (χ4n) is 2.82. The molecule has 10 heteroatoms. The summed E-state index contributed by atoms with van der Waals surface area (Å²) in [6.07, 6.45) is 0.236. The maximum Gasteiger partial charge on any atom is 0.243 e. The van der Waals surface area contributed by atoms with Gasteiger partial charge in [0.25, 0.3) is 0 Å². The molecule has 1 saturated heterocycles. The summed E-state index contributed by atoms with van der Waals surface area (Å²) in [5.74, 6) is -0.297. The van der Waals surface area contributed by atoms with Gasteiger partial charge in [0.1, 0.15) is 5.75 Å². The molecule has 2 rings (SSSR count). The second-order valence-electron chi connectivity index (χ2n) is 6.35. The summed E-state index contributed by atoms with van der Waals surface area (Å²) in [5, 5.41) is 2.53. The van der Waals surface area contributed by atoms with Gasteiger partial charge in [-0.1, -0.05) is 0 Å². The standard InChI is InChI=1S/C15H22N2O6S2/c1-11(18)16-13-9-12(5-6-14(13)23-4)25(21,22)17(3)15(2)7-8-24(19,20)10-15/h5-6,9H,7-8,10H2,1-4H3,(H,16,18)/t15-/m1/s1. The molecule has 1 amide bonds. The Hall–Kier alpha value is -1.65. The molecule has 1 atom stereocenters. The van der Waals surface area contributed by atoms with Crippen molar-refractivity contribution in [2.24, 2.45) is 0 Å². The number of anilines is 1. The average Bonchev–Trinajstić information content (AvgIpc) is 2.80. The fraction of sp³-hybridized carbons (Fsp3) is 0.533. The van der Waals surface area contributed by atoms with E-state index in [1.165, 1.54) is 39.3 Å². The number of carbonyl (C=O) groups is 1. The topological polar surface area (TPSA) is 110 Å². The highest BCUT2D eigenvalue weighted by molar-refractivity contribution is 7.92. The van der Waals surface area contributed by atoms with E-state index in [9.17, 15) is 21.6 Å². The third kappa shape index (κ3) is 3.96. The van der Waals surface area contributed by atoms with Crippen LogP contribution in [-0.2, 0) is 24.7 Å². The van der Waals surface area contributed by atoms with Crippen LogP contribution in [0.1, 0.15) is 20.3 Å². The zero-order valence-electron chi connectivity index (χ0n) is 14.6. The molecule has 1 aromatic carbocycles. The number of nitrogens with one attached hydrogen (secondary N) is 1. The second kappa shape index (κ2) is 6.58. The van der Waals surface area contributed by atoms with Crippen LogP contribution in [0.2, 0.25) is 0 Å². The molecule has 0 unspecified atom stereocenters. The van der Waals surface area contributed by atoms with Crippen LogP contribution in [0.15, 0.2) is 23.1 Å². The van der Waals surface area contributed by atoms with E-state index in [1.807, 2.05) is 0 Å². The molecule has 1 heterocycles. The van der Waals surface area contributed by atoms with Crippen molar-refractivity contribution in [1.82, 2.24) is 4.31 Å². The number of amides is 1. The average molecular weight is 390 g/mol. The van der Waals surface area contributed by atoms with Gasteiger partial charge >= 0.3 is 0 Å². The van der Waals surface area contributed by atoms with Crippen molar-refractivity contribution in [1.29, 1.82) is 0 Å². The highest BCUT2D eigenvalue weighted by atomic mass is 32.2. The minimum absolute atomic E-state index is 0.0386. The summed E-state index contributed by atoms with van der Waals surface area (Å²) in [6.45, 7) is 2.92. The summed E-state index contributed by atoms with van der Waals surface area (Å²) in [5.41, 5.74) is -0.778. The van der Waals surface area contributed by atoms with Gasteiger partial charge in [0.05, 0.1) is 29.2 Å². The number of methoxy groups -OCH3 is 1. The van der Waals surface area contributed by atoms with Crippen LogP contribution in [0.4, 0.5) is 5.69 Å². The molecule has 0 saturated carbocycles. The van der Waals surface area contributed by atoms with Crippen LogP contribution in [0, 0.1) is 0 Å². The zero-order valence-corrected chi connectivity index (χ0v) is 16.2. The Morgan fingerprint density at radius 3 is 2.48 bits per heavy atom. The van der Waals surface area contributed by atoms with E-state index in [0.29, 0.717) is 5.75 Å². The molecular weight excluding hydrogens is 368 g/mol. The molecule has 0 radical (unpaired) electrons. The number of sulfonamides is 1. The Balaban J connectivity index is 2.44. The second-order valence-corrected chi connectivity index (χ2v) is 10.5. The Kier molecular flexibility index (Phi) is 5.18. The number of hydrogen-bond donors (Lipinski definition) is 1. The maximum atomic E-state index is 13.0. The van der Waals surface area contributed by atoms with Crippen molar-refractivity contribution in [2.75, 3.05) is 31.0 Å². The molecule has 1 fully saturated rings. The molecule has 0 aliphatic carbocycles. The quantitative estimate of drug-likeness (QED) is 0.798. The first-order valence-electron chi connectivity index (χ1n) is 7.56. The molecule has 0 spiro atoms. The largest absolute Gasteiger partial charge is 0.495 e. The van der Waals surface area contributed by atoms with E-state index in [4.69, 9.17) is 4.74 Å². The zero-order chi connectivity index (χ0) is 19.0. The van der Waals surface area contributed by atoms with Gasteiger partial charge < -0.3 is 10.1 Å². The minimum Gasteiger partial charge on any atom is -0.495 e. The number of rotatable bonds is 5. The predicted octanol–water partition coefficient (Wildman–Crippen LogP) is 0.851. The first-order chi connectivity index (χ1) is 11.4. The lowest BCUT2D eigenvalue weighted by molar-refractivity contribution is -0.114. The van der Waals surface area contributed by atoms with Crippen LogP contribution in [0.25, 0.3) is 0 Å². The summed E-state index contributed by atoms with van der Waals surface area (Å²) >= 11 is 0. The lowest BCUT2D eigenvalue weighted by Crippen LogP contribution is -2.48. The molecule has 25 heavy (non-hydrogen) atoms. The van der Waals surface area contributed by atoms with Crippen molar-refractivity contribution < 1.29 is 26.4 Å². The van der Waals surface area contributed by atoms with E-state index in [2.05, 4.69) is 5.32 Å². The summed E-state index contributed by atoms with van der Waals surface area (Å²) < 4.78 is 55.7. The summed E-state index contributed by atoms with van der Waals surface area (Å²) in [4.78, 5) is 11.3. The van der Waals surface area contributed by atoms with Gasteiger partial charge in [0, 0.05) is 19.5 Å². The van der Waals surface area contributed by atoms with Crippen LogP contribution >= 0.6 is 0 Å². The number of sulfone groups is 1. The van der Waals surface area contributed by atoms with Crippen molar-refractivity contribution in [3.63, 3.8) is 0 Å². The Bertz CT molecular complexity index is 895. The van der Waals surface area contributed by atoms with E-state index >= 15 is 0 Å². The molecule has 0 bridgehead atoms. The Morgan fingerprint density at radius 1 is 1.36 bits per heavy atom. The van der Waals surface area contributed by atoms with Gasteiger partial charge in [0.2, 0.25) is 15.9 Å². The monoisotopic (exact) mass is 390 g/mol. The maximum absolute atomic E-state index is 13.0. The van der Waals surface area contributed by atoms with Crippen LogP contribution in [0.5, 0.6) is 5.75 Å². The first-order valence-corrected chi connectivity index (χ1v) is 10.8. The number of nitrogens with zero attached hydrogens (tertiary/aromatic N) is 1. The minimum atomic E-state index is -3.95. The molecular formula is C15H22N2O6S2. The molecule has 1 aromatic rings. The third-order valence-corrected chi connectivity index (χ3v) is 8.28. The van der Waals surface area contributed by atoms with Gasteiger partial charge in [-0.05, 0) is 31.5 Å². The number of carbonyl (C=O) groups excluding carboxylic acids is 1. The van der Waals surface area contributed by atoms with Crippen molar-refractivity contribution in [2.45, 2.75) is 30.7 Å². The van der Waals surface area contributed by atoms with Gasteiger partial charge in [-0.2, -0.15) is 4.31 Å². The predicted molar refractivity (Wildman–Crippen MR) is 93.9 cm³/mol. The molecule has 8 nitrogen and oxygen atoms in total. The van der Waals surface area contributed by atoms with E-state index in [1.54, 1.807) is 6.92 Å². The lowest BCUT2D eigenvalue weighted by Gasteiger charge is -2.33. The Morgan fingerprint density at radius 2 is 2.00 bits per heavy atom. The van der Waals surface area contributed by atoms with Crippen LogP contribution < -0.4 is 10.1 Å². The van der Waals surface area contributed by atoms with E-state index in [-0.39, 0.29) is 34.4 Å². The van der Waals surface area contributed by atoms with Crippen molar-refractivity contribution in [3.05, 3.63) is 18.2 Å². The molecule has 0 aromatic heterocycles. The molecule has 1 aliphatic rings. The molecule has 140 valence electrons. The smallest absolute Gasteiger partial charge is 0.243 e. The molecule has 1 N–H and O–H groups in total. The fourth-order valence-corrected chi connectivity index (χ4v) is 6.65. The normalized spacial score (nSPS) is 22.8. The van der Waals surface area contributed by atoms with Crippen molar-refractivity contribution in [3.8, 4) is 5.75 Å².